The minimum Gasteiger partial charge on any atom is -0.497 e. The molecule has 0 aliphatic carbocycles. The van der Waals surface area contributed by atoms with Gasteiger partial charge < -0.3 is 15.2 Å². The summed E-state index contributed by atoms with van der Waals surface area (Å²) < 4.78 is 5.18. The van der Waals surface area contributed by atoms with Gasteiger partial charge in [0.25, 0.3) is 0 Å². The summed E-state index contributed by atoms with van der Waals surface area (Å²) >= 11 is 0. The second-order valence-electron chi connectivity index (χ2n) is 4.30. The predicted octanol–water partition coefficient (Wildman–Crippen LogP) is 1.85. The van der Waals surface area contributed by atoms with Crippen LogP contribution in [0.2, 0.25) is 0 Å². The number of methoxy groups -OCH3 is 1. The zero-order chi connectivity index (χ0) is 13.7. The monoisotopic (exact) mass is 259 g/mol. The zero-order valence-electron chi connectivity index (χ0n) is 10.8. The average Bonchev–Trinajstić information content (AvgIpc) is 2.44. The van der Waals surface area contributed by atoms with Crippen LogP contribution in [0.25, 0.3) is 10.8 Å². The number of carbonyl (C=O) groups is 1. The molecule has 0 fully saturated rings. The van der Waals surface area contributed by atoms with Gasteiger partial charge in [0, 0.05) is 13.0 Å². The van der Waals surface area contributed by atoms with Gasteiger partial charge in [-0.3, -0.25) is 4.79 Å². The van der Waals surface area contributed by atoms with E-state index in [4.69, 9.17) is 9.84 Å². The van der Waals surface area contributed by atoms with Crippen LogP contribution in [0, 0.1) is 0 Å². The van der Waals surface area contributed by atoms with Crippen LogP contribution >= 0.6 is 0 Å². The van der Waals surface area contributed by atoms with E-state index in [2.05, 4.69) is 5.32 Å². The highest BCUT2D eigenvalue weighted by Crippen LogP contribution is 2.21. The molecule has 0 radical (unpaired) electrons. The van der Waals surface area contributed by atoms with Crippen molar-refractivity contribution < 1.29 is 14.6 Å². The summed E-state index contributed by atoms with van der Waals surface area (Å²) in [5, 5.41) is 13.6. The molecule has 4 nitrogen and oxygen atoms in total. The fraction of sp³-hybridized carbons (Fsp3) is 0.267. The highest BCUT2D eigenvalue weighted by Gasteiger charge is 2.02. The number of nitrogens with one attached hydrogen (secondary N) is 1. The molecule has 19 heavy (non-hydrogen) atoms. The molecule has 2 aromatic rings. The van der Waals surface area contributed by atoms with E-state index in [0.29, 0.717) is 6.54 Å². The van der Waals surface area contributed by atoms with Crippen LogP contribution in [0.5, 0.6) is 5.75 Å². The Morgan fingerprint density at radius 2 is 1.95 bits per heavy atom. The second kappa shape index (κ2) is 6.20. The van der Waals surface area contributed by atoms with E-state index in [-0.39, 0.29) is 18.9 Å². The molecule has 0 aliphatic heterocycles. The van der Waals surface area contributed by atoms with Gasteiger partial charge >= 0.3 is 0 Å². The van der Waals surface area contributed by atoms with Crippen LogP contribution in [0.1, 0.15) is 12.0 Å². The summed E-state index contributed by atoms with van der Waals surface area (Å²) in [5.41, 5.74) is 1.03. The molecule has 2 rings (SSSR count). The minimum absolute atomic E-state index is 0.122. The Kier molecular flexibility index (Phi) is 4.36. The SMILES string of the molecule is COc1ccc2cc(CNC(=O)CCO)ccc2c1. The number of ether oxygens (including phenoxy) is 1. The summed E-state index contributed by atoms with van der Waals surface area (Å²) in [6.45, 7) is 0.351. The quantitative estimate of drug-likeness (QED) is 0.861. The Balaban J connectivity index is 2.11. The maximum Gasteiger partial charge on any atom is 0.222 e. The predicted molar refractivity (Wildman–Crippen MR) is 74.0 cm³/mol. The van der Waals surface area contributed by atoms with Gasteiger partial charge in [0.15, 0.2) is 0 Å². The second-order valence-corrected chi connectivity index (χ2v) is 4.30. The average molecular weight is 259 g/mol. The van der Waals surface area contributed by atoms with E-state index >= 15 is 0 Å². The Morgan fingerprint density at radius 1 is 1.21 bits per heavy atom. The van der Waals surface area contributed by atoms with Crippen molar-refractivity contribution in [3.05, 3.63) is 42.0 Å². The van der Waals surface area contributed by atoms with Gasteiger partial charge in [-0.1, -0.05) is 18.2 Å². The van der Waals surface area contributed by atoms with Crippen LogP contribution in [-0.4, -0.2) is 24.7 Å². The molecule has 0 aromatic heterocycles. The maximum atomic E-state index is 11.3. The van der Waals surface area contributed by atoms with Gasteiger partial charge in [-0.15, -0.1) is 0 Å². The van der Waals surface area contributed by atoms with Crippen molar-refractivity contribution in [2.24, 2.45) is 0 Å². The van der Waals surface area contributed by atoms with E-state index in [9.17, 15) is 4.79 Å². The Hall–Kier alpha value is -2.07. The molecule has 0 heterocycles. The first kappa shape index (κ1) is 13.4. The number of rotatable bonds is 5. The van der Waals surface area contributed by atoms with Crippen molar-refractivity contribution >= 4 is 16.7 Å². The van der Waals surface area contributed by atoms with Gasteiger partial charge in [0.05, 0.1) is 13.7 Å². The Bertz CT molecular complexity index is 581. The molecule has 0 unspecified atom stereocenters. The molecule has 0 saturated heterocycles. The summed E-state index contributed by atoms with van der Waals surface area (Å²) in [6, 6.07) is 11.9. The molecule has 0 atom stereocenters. The van der Waals surface area contributed by atoms with E-state index in [1.54, 1.807) is 7.11 Å². The van der Waals surface area contributed by atoms with Crippen molar-refractivity contribution in [1.82, 2.24) is 5.32 Å². The molecular weight excluding hydrogens is 242 g/mol. The van der Waals surface area contributed by atoms with Crippen molar-refractivity contribution in [2.45, 2.75) is 13.0 Å². The Morgan fingerprint density at radius 3 is 2.68 bits per heavy atom. The normalized spacial score (nSPS) is 10.4. The summed E-state index contributed by atoms with van der Waals surface area (Å²) in [5.74, 6) is 0.689. The van der Waals surface area contributed by atoms with Gasteiger partial charge in [-0.2, -0.15) is 0 Å². The summed E-state index contributed by atoms with van der Waals surface area (Å²) in [4.78, 5) is 11.3. The first-order chi connectivity index (χ1) is 9.22. The number of amides is 1. The standard InChI is InChI=1S/C15H17NO3/c1-19-14-5-4-12-8-11(2-3-13(12)9-14)10-16-15(18)6-7-17/h2-5,8-9,17H,6-7,10H2,1H3,(H,16,18). The van der Waals surface area contributed by atoms with Gasteiger partial charge in [-0.05, 0) is 34.5 Å². The first-order valence-electron chi connectivity index (χ1n) is 6.17. The lowest BCUT2D eigenvalue weighted by molar-refractivity contribution is -0.121. The number of hydrogen-bond acceptors (Lipinski definition) is 3. The molecule has 4 heteroatoms. The van der Waals surface area contributed by atoms with Crippen LogP contribution in [0.15, 0.2) is 36.4 Å². The van der Waals surface area contributed by atoms with Crippen LogP contribution in [-0.2, 0) is 11.3 Å². The highest BCUT2D eigenvalue weighted by molar-refractivity contribution is 5.84. The van der Waals surface area contributed by atoms with Crippen molar-refractivity contribution in [1.29, 1.82) is 0 Å². The van der Waals surface area contributed by atoms with Gasteiger partial charge in [0.1, 0.15) is 5.75 Å². The van der Waals surface area contributed by atoms with Crippen molar-refractivity contribution in [3.63, 3.8) is 0 Å². The fourth-order valence-corrected chi connectivity index (χ4v) is 1.90. The third kappa shape index (κ3) is 3.45. The summed E-state index contributed by atoms with van der Waals surface area (Å²) in [7, 11) is 1.65. The van der Waals surface area contributed by atoms with Gasteiger partial charge in [0.2, 0.25) is 5.91 Å². The molecule has 0 bridgehead atoms. The van der Waals surface area contributed by atoms with E-state index < -0.39 is 0 Å². The number of carbonyl (C=O) groups excluding carboxylic acids is 1. The van der Waals surface area contributed by atoms with Gasteiger partial charge in [-0.25, -0.2) is 0 Å². The smallest absolute Gasteiger partial charge is 0.222 e. The number of aliphatic hydroxyl groups is 1. The number of hydrogen-bond donors (Lipinski definition) is 2. The molecule has 100 valence electrons. The third-order valence-corrected chi connectivity index (χ3v) is 2.94. The zero-order valence-corrected chi connectivity index (χ0v) is 10.8. The lowest BCUT2D eigenvalue weighted by Gasteiger charge is -2.07. The lowest BCUT2D eigenvalue weighted by Crippen LogP contribution is -2.23. The molecule has 2 aromatic carbocycles. The van der Waals surface area contributed by atoms with Crippen molar-refractivity contribution in [3.8, 4) is 5.75 Å². The number of fused-ring (bicyclic) bond motifs is 1. The molecule has 0 saturated carbocycles. The van der Waals surface area contributed by atoms with Crippen LogP contribution in [0.4, 0.5) is 0 Å². The Labute approximate surface area is 112 Å². The maximum absolute atomic E-state index is 11.3. The van der Waals surface area contributed by atoms with Crippen LogP contribution in [0.3, 0.4) is 0 Å². The topological polar surface area (TPSA) is 58.6 Å². The third-order valence-electron chi connectivity index (χ3n) is 2.94. The van der Waals surface area contributed by atoms with E-state index in [1.807, 2.05) is 36.4 Å². The number of benzene rings is 2. The first-order valence-corrected chi connectivity index (χ1v) is 6.17. The van der Waals surface area contributed by atoms with Crippen molar-refractivity contribution in [2.75, 3.05) is 13.7 Å². The number of aliphatic hydroxyl groups excluding tert-OH is 1. The highest BCUT2D eigenvalue weighted by atomic mass is 16.5. The largest absolute Gasteiger partial charge is 0.497 e. The lowest BCUT2D eigenvalue weighted by atomic mass is 10.1. The minimum atomic E-state index is -0.141. The van der Waals surface area contributed by atoms with Crippen LogP contribution < -0.4 is 10.1 Å². The van der Waals surface area contributed by atoms with E-state index in [0.717, 1.165) is 22.1 Å². The molecule has 0 aliphatic rings. The molecular formula is C15H17NO3. The fourth-order valence-electron chi connectivity index (χ4n) is 1.90. The van der Waals surface area contributed by atoms with E-state index in [1.165, 1.54) is 0 Å². The molecule has 1 amide bonds. The molecule has 2 N–H and O–H groups in total. The molecule has 0 spiro atoms. The summed E-state index contributed by atoms with van der Waals surface area (Å²) in [6.07, 6.45) is 0.144.